The van der Waals surface area contributed by atoms with Crippen LogP contribution in [0.4, 0.5) is 4.79 Å². The minimum Gasteiger partial charge on any atom is -0.444 e. The molecule has 0 aliphatic carbocycles. The van der Waals surface area contributed by atoms with Crippen molar-refractivity contribution in [2.24, 2.45) is 16.0 Å². The summed E-state index contributed by atoms with van der Waals surface area (Å²) in [6, 6.07) is 0. The molecule has 0 aromatic carbocycles. The lowest BCUT2D eigenvalue weighted by Crippen LogP contribution is -2.45. The molecule has 1 amide bonds. The molecule has 1 aliphatic heterocycles. The number of aliphatic imine (C=N–C) groups is 1. The van der Waals surface area contributed by atoms with E-state index in [0.717, 1.165) is 19.3 Å². The maximum atomic E-state index is 12.4. The van der Waals surface area contributed by atoms with Crippen LogP contribution in [0.25, 0.3) is 0 Å². The predicted octanol–water partition coefficient (Wildman–Crippen LogP) is 3.07. The van der Waals surface area contributed by atoms with Gasteiger partial charge < -0.3 is 15.0 Å². The number of hydrogen-bond acceptors (Lipinski definition) is 5. The first-order valence-corrected chi connectivity index (χ1v) is 10.4. The molecule has 7 nitrogen and oxygen atoms in total. The Labute approximate surface area is 165 Å². The third kappa shape index (κ3) is 7.84. The number of carbonyl (C=O) groups is 1. The van der Waals surface area contributed by atoms with Crippen LogP contribution in [0.3, 0.4) is 0 Å². The summed E-state index contributed by atoms with van der Waals surface area (Å²) >= 11 is 0. The molecule has 0 spiro atoms. The Balaban J connectivity index is 2.46. The van der Waals surface area contributed by atoms with E-state index in [1.807, 2.05) is 25.7 Å². The third-order valence-electron chi connectivity index (χ3n) is 4.32. The lowest BCUT2D eigenvalue weighted by molar-refractivity contribution is 0.0131. The number of nitrogens with two attached hydrogens (primary N) is 1. The van der Waals surface area contributed by atoms with Crippen LogP contribution in [0.5, 0.6) is 0 Å². The van der Waals surface area contributed by atoms with E-state index < -0.39 is 16.6 Å². The smallest absolute Gasteiger partial charge is 0.410 e. The Morgan fingerprint density at radius 1 is 1.48 bits per heavy atom. The third-order valence-corrected chi connectivity index (χ3v) is 4.99. The molecule has 0 aromatic rings. The molecule has 2 unspecified atom stereocenters. The second-order valence-corrected chi connectivity index (χ2v) is 9.45. The molecule has 0 aromatic heterocycles. The fourth-order valence-electron chi connectivity index (χ4n) is 3.19. The Hall–Kier alpha value is -1.67. The largest absolute Gasteiger partial charge is 0.444 e. The van der Waals surface area contributed by atoms with Crippen molar-refractivity contribution in [3.05, 3.63) is 25.1 Å². The van der Waals surface area contributed by atoms with Crippen molar-refractivity contribution in [1.29, 1.82) is 0 Å². The van der Waals surface area contributed by atoms with E-state index >= 15 is 0 Å². The molecule has 8 heteroatoms. The number of hydrogen-bond donors (Lipinski definition) is 2. The molecule has 0 radical (unpaired) electrons. The average molecular weight is 399 g/mol. The maximum absolute atomic E-state index is 12.4. The zero-order chi connectivity index (χ0) is 20.8. The second kappa shape index (κ2) is 9.50. The topological polar surface area (TPSA) is 97.0 Å². The second-order valence-electron chi connectivity index (χ2n) is 8.44. The molecule has 1 fully saturated rings. The van der Waals surface area contributed by atoms with Crippen molar-refractivity contribution in [2.75, 3.05) is 13.1 Å². The SMILES string of the molecule is C=C/C(=N\C(=C)NCCCC1CN(C(=O)OC(C)(C)C)C(C)(C)C1)S(N)=O. The maximum Gasteiger partial charge on any atom is 0.410 e. The summed E-state index contributed by atoms with van der Waals surface area (Å²) in [6.07, 6.45) is 3.94. The van der Waals surface area contributed by atoms with Gasteiger partial charge in [-0.3, -0.25) is 0 Å². The fraction of sp³-hybridized carbons (Fsp3) is 0.684. The normalized spacial score (nSPS) is 20.9. The Bertz CT molecular complexity index is 623. The van der Waals surface area contributed by atoms with Gasteiger partial charge in [-0.15, -0.1) is 0 Å². The van der Waals surface area contributed by atoms with E-state index in [-0.39, 0.29) is 16.7 Å². The van der Waals surface area contributed by atoms with Crippen LogP contribution in [0, 0.1) is 5.92 Å². The minimum absolute atomic E-state index is 0.193. The van der Waals surface area contributed by atoms with Crippen LogP contribution in [0.1, 0.15) is 53.9 Å². The lowest BCUT2D eigenvalue weighted by Gasteiger charge is -2.33. The summed E-state index contributed by atoms with van der Waals surface area (Å²) < 4.78 is 16.8. The van der Waals surface area contributed by atoms with Crippen LogP contribution >= 0.6 is 0 Å². The van der Waals surface area contributed by atoms with E-state index in [4.69, 9.17) is 9.88 Å². The summed E-state index contributed by atoms with van der Waals surface area (Å²) in [4.78, 5) is 18.3. The van der Waals surface area contributed by atoms with Crippen LogP contribution in [0.2, 0.25) is 0 Å². The van der Waals surface area contributed by atoms with Crippen LogP contribution in [-0.4, -0.2) is 44.5 Å². The average Bonchev–Trinajstić information content (AvgIpc) is 2.82. The number of nitrogens with zero attached hydrogens (tertiary/aromatic N) is 2. The molecule has 3 N–H and O–H groups in total. The van der Waals surface area contributed by atoms with Gasteiger partial charge in [0.05, 0.1) is 0 Å². The molecule has 0 saturated carbocycles. The van der Waals surface area contributed by atoms with Gasteiger partial charge in [0.2, 0.25) is 0 Å². The number of nitrogens with one attached hydrogen (secondary N) is 1. The minimum atomic E-state index is -1.68. The molecular formula is C19H34N4O3S. The van der Waals surface area contributed by atoms with Crippen molar-refractivity contribution in [3.8, 4) is 0 Å². The molecule has 2 atom stereocenters. The van der Waals surface area contributed by atoms with Gasteiger partial charge in [0.15, 0.2) is 0 Å². The lowest BCUT2D eigenvalue weighted by atomic mass is 9.93. The van der Waals surface area contributed by atoms with Crippen molar-refractivity contribution >= 4 is 22.1 Å². The first kappa shape index (κ1) is 23.4. The van der Waals surface area contributed by atoms with Gasteiger partial charge in [-0.2, -0.15) is 0 Å². The van der Waals surface area contributed by atoms with Crippen molar-refractivity contribution in [3.63, 3.8) is 0 Å². The molecule has 1 rings (SSSR count). The van der Waals surface area contributed by atoms with Crippen molar-refractivity contribution in [2.45, 2.75) is 65.0 Å². The highest BCUT2D eigenvalue weighted by atomic mass is 32.2. The van der Waals surface area contributed by atoms with Crippen LogP contribution < -0.4 is 10.5 Å². The standard InChI is InChI=1S/C19H34N4O3S/c1-8-16(27(20)25)22-14(2)21-11-9-10-15-12-19(6,7)23(13-15)17(24)26-18(3,4)5/h8,15,21H,1-2,9-13,20H2,3-7H3/b22-16+. The molecule has 1 heterocycles. The monoisotopic (exact) mass is 398 g/mol. The van der Waals surface area contributed by atoms with Gasteiger partial charge in [0, 0.05) is 18.6 Å². The van der Waals surface area contributed by atoms with E-state index in [1.165, 1.54) is 6.08 Å². The zero-order valence-corrected chi connectivity index (χ0v) is 18.0. The molecule has 27 heavy (non-hydrogen) atoms. The summed E-state index contributed by atoms with van der Waals surface area (Å²) in [5.74, 6) is 0.831. The Kier molecular flexibility index (Phi) is 8.23. The number of carbonyl (C=O) groups excluding carboxylic acids is 1. The van der Waals surface area contributed by atoms with Crippen molar-refractivity contribution in [1.82, 2.24) is 10.2 Å². The summed E-state index contributed by atoms with van der Waals surface area (Å²) in [5, 5.41) is 8.57. The zero-order valence-electron chi connectivity index (χ0n) is 17.2. The summed E-state index contributed by atoms with van der Waals surface area (Å²) in [5.41, 5.74) is -0.702. The Morgan fingerprint density at radius 2 is 2.11 bits per heavy atom. The first-order valence-electron chi connectivity index (χ1n) is 9.16. The predicted molar refractivity (Wildman–Crippen MR) is 111 cm³/mol. The fourth-order valence-corrected chi connectivity index (χ4v) is 3.55. The number of amides is 1. The molecule has 1 aliphatic rings. The van der Waals surface area contributed by atoms with Crippen molar-refractivity contribution < 1.29 is 13.7 Å². The first-order chi connectivity index (χ1) is 12.4. The van der Waals surface area contributed by atoms with E-state index in [2.05, 4.69) is 37.3 Å². The van der Waals surface area contributed by atoms with Gasteiger partial charge in [-0.05, 0) is 65.9 Å². The molecule has 1 saturated heterocycles. The van der Waals surface area contributed by atoms with E-state index in [0.29, 0.717) is 24.8 Å². The quantitative estimate of drug-likeness (QED) is 0.391. The number of rotatable bonds is 7. The number of likely N-dealkylation sites (tertiary alicyclic amines) is 1. The highest BCUT2D eigenvalue weighted by molar-refractivity contribution is 7.99. The highest BCUT2D eigenvalue weighted by Gasteiger charge is 2.42. The number of ether oxygens (including phenoxy) is 1. The van der Waals surface area contributed by atoms with Gasteiger partial charge in [0.25, 0.3) is 0 Å². The van der Waals surface area contributed by atoms with E-state index in [1.54, 1.807) is 0 Å². The summed E-state index contributed by atoms with van der Waals surface area (Å²) in [7, 11) is -1.68. The molecular weight excluding hydrogens is 364 g/mol. The van der Waals surface area contributed by atoms with Gasteiger partial charge in [-0.1, -0.05) is 13.2 Å². The summed E-state index contributed by atoms with van der Waals surface area (Å²) in [6.45, 7) is 18.5. The van der Waals surface area contributed by atoms with Crippen LogP contribution in [0.15, 0.2) is 30.0 Å². The van der Waals surface area contributed by atoms with Gasteiger partial charge in [0.1, 0.15) is 27.5 Å². The Morgan fingerprint density at radius 3 is 2.63 bits per heavy atom. The van der Waals surface area contributed by atoms with E-state index in [9.17, 15) is 9.00 Å². The molecule has 154 valence electrons. The molecule has 0 bridgehead atoms. The van der Waals surface area contributed by atoms with Crippen LogP contribution in [-0.2, 0) is 15.7 Å². The van der Waals surface area contributed by atoms with Gasteiger partial charge >= 0.3 is 6.09 Å². The highest BCUT2D eigenvalue weighted by Crippen LogP contribution is 2.35. The van der Waals surface area contributed by atoms with Gasteiger partial charge in [-0.25, -0.2) is 19.1 Å².